The smallest absolute Gasteiger partial charge is 0.251 e. The van der Waals surface area contributed by atoms with Crippen LogP contribution in [0.15, 0.2) is 18.2 Å². The zero-order valence-corrected chi connectivity index (χ0v) is 19.5. The summed E-state index contributed by atoms with van der Waals surface area (Å²) in [6.45, 7) is 3.71. The molecule has 0 bridgehead atoms. The second kappa shape index (κ2) is 10.4. The number of carbonyl (C=O) groups is 3. The Morgan fingerprint density at radius 1 is 1.03 bits per heavy atom. The van der Waals surface area contributed by atoms with Gasteiger partial charge in [0.2, 0.25) is 11.8 Å². The van der Waals surface area contributed by atoms with Crippen LogP contribution in [0.4, 0.5) is 0 Å². The molecule has 3 heterocycles. The molecule has 180 valence electrons. The first-order chi connectivity index (χ1) is 16.0. The highest BCUT2D eigenvalue weighted by molar-refractivity contribution is 5.89. The average Bonchev–Trinajstić information content (AvgIpc) is 3.52. The molecule has 3 aliphatic heterocycles. The van der Waals surface area contributed by atoms with Gasteiger partial charge in [-0.3, -0.25) is 14.4 Å². The first-order valence-electron chi connectivity index (χ1n) is 11.7. The van der Waals surface area contributed by atoms with Gasteiger partial charge in [-0.2, -0.15) is 0 Å². The Labute approximate surface area is 194 Å². The lowest BCUT2D eigenvalue weighted by molar-refractivity contribution is -0.147. The van der Waals surface area contributed by atoms with Gasteiger partial charge >= 0.3 is 0 Å². The Kier molecular flexibility index (Phi) is 7.37. The summed E-state index contributed by atoms with van der Waals surface area (Å²) in [4.78, 5) is 43.5. The molecule has 0 aromatic heterocycles. The van der Waals surface area contributed by atoms with Gasteiger partial charge in [0, 0.05) is 52.3 Å². The van der Waals surface area contributed by atoms with Crippen LogP contribution in [-0.2, 0) is 25.5 Å². The molecule has 0 radical (unpaired) electrons. The standard InChI is InChI=1S/C24H33N3O6/c1-31-19-6-5-17(14-21(19)32-2)7-8-27-16-18(15-22(27)28)23(29)25-9-11-26(12-10-25)24(30)20-4-3-13-33-20/h5-6,14,18,20H,3-4,7-13,15-16H2,1-2H3. The fraction of sp³-hybridized carbons (Fsp3) is 0.625. The van der Waals surface area contributed by atoms with Crippen LogP contribution in [0.3, 0.4) is 0 Å². The van der Waals surface area contributed by atoms with Gasteiger partial charge in [0.05, 0.1) is 20.1 Å². The van der Waals surface area contributed by atoms with Crippen molar-refractivity contribution in [2.45, 2.75) is 31.8 Å². The van der Waals surface area contributed by atoms with Gasteiger partial charge in [0.25, 0.3) is 5.91 Å². The normalized spacial score (nSPS) is 23.2. The first-order valence-corrected chi connectivity index (χ1v) is 11.7. The third kappa shape index (κ3) is 5.24. The Balaban J connectivity index is 1.26. The fourth-order valence-corrected chi connectivity index (χ4v) is 4.84. The van der Waals surface area contributed by atoms with E-state index in [1.165, 1.54) is 0 Å². The predicted octanol–water partition coefficient (Wildman–Crippen LogP) is 0.945. The van der Waals surface area contributed by atoms with Gasteiger partial charge in [-0.05, 0) is 37.0 Å². The summed E-state index contributed by atoms with van der Waals surface area (Å²) in [6, 6.07) is 5.73. The maximum atomic E-state index is 13.0. The molecular weight excluding hydrogens is 426 g/mol. The number of nitrogens with zero attached hydrogens (tertiary/aromatic N) is 3. The summed E-state index contributed by atoms with van der Waals surface area (Å²) in [7, 11) is 3.19. The molecule has 0 saturated carbocycles. The van der Waals surface area contributed by atoms with Gasteiger partial charge < -0.3 is 28.9 Å². The number of likely N-dealkylation sites (tertiary alicyclic amines) is 1. The minimum absolute atomic E-state index is 0.0148. The lowest BCUT2D eigenvalue weighted by Gasteiger charge is -2.36. The van der Waals surface area contributed by atoms with Crippen LogP contribution in [0.1, 0.15) is 24.8 Å². The van der Waals surface area contributed by atoms with E-state index < -0.39 is 0 Å². The summed E-state index contributed by atoms with van der Waals surface area (Å²) < 4.78 is 16.1. The van der Waals surface area contributed by atoms with Crippen molar-refractivity contribution in [3.8, 4) is 11.5 Å². The average molecular weight is 460 g/mol. The van der Waals surface area contributed by atoms with Gasteiger partial charge in [0.1, 0.15) is 6.10 Å². The number of ether oxygens (including phenoxy) is 3. The Bertz CT molecular complexity index is 877. The number of carbonyl (C=O) groups excluding carboxylic acids is 3. The number of methoxy groups -OCH3 is 2. The van der Waals surface area contributed by atoms with Crippen LogP contribution >= 0.6 is 0 Å². The van der Waals surface area contributed by atoms with E-state index in [0.29, 0.717) is 63.8 Å². The van der Waals surface area contributed by atoms with Gasteiger partial charge in [-0.1, -0.05) is 6.07 Å². The molecule has 0 spiro atoms. The number of hydrogen-bond acceptors (Lipinski definition) is 6. The van der Waals surface area contributed by atoms with E-state index >= 15 is 0 Å². The number of benzene rings is 1. The molecule has 1 aromatic rings. The third-order valence-electron chi connectivity index (χ3n) is 6.79. The molecule has 1 aromatic carbocycles. The lowest BCUT2D eigenvalue weighted by Crippen LogP contribution is -2.54. The third-order valence-corrected chi connectivity index (χ3v) is 6.79. The maximum Gasteiger partial charge on any atom is 0.251 e. The monoisotopic (exact) mass is 459 g/mol. The highest BCUT2D eigenvalue weighted by atomic mass is 16.5. The van der Waals surface area contributed by atoms with Crippen LogP contribution in [0, 0.1) is 5.92 Å². The molecule has 3 aliphatic rings. The maximum absolute atomic E-state index is 13.0. The molecule has 4 rings (SSSR count). The van der Waals surface area contributed by atoms with Gasteiger partial charge in [0.15, 0.2) is 11.5 Å². The van der Waals surface area contributed by atoms with Crippen molar-refractivity contribution in [3.05, 3.63) is 23.8 Å². The molecular formula is C24H33N3O6. The van der Waals surface area contributed by atoms with Crippen molar-refractivity contribution in [1.29, 1.82) is 0 Å². The number of amides is 3. The van der Waals surface area contributed by atoms with E-state index in [-0.39, 0.29) is 36.2 Å². The molecule has 3 saturated heterocycles. The van der Waals surface area contributed by atoms with Crippen LogP contribution in [0.25, 0.3) is 0 Å². The Morgan fingerprint density at radius 3 is 2.36 bits per heavy atom. The molecule has 0 N–H and O–H groups in total. The second-order valence-electron chi connectivity index (χ2n) is 8.83. The number of rotatable bonds is 7. The van der Waals surface area contributed by atoms with Crippen molar-refractivity contribution >= 4 is 17.7 Å². The first kappa shape index (κ1) is 23.4. The van der Waals surface area contributed by atoms with Crippen molar-refractivity contribution < 1.29 is 28.6 Å². The fourth-order valence-electron chi connectivity index (χ4n) is 4.84. The highest BCUT2D eigenvalue weighted by Crippen LogP contribution is 2.28. The van der Waals surface area contributed by atoms with Crippen LogP contribution in [-0.4, -0.2) is 98.6 Å². The molecule has 3 amide bonds. The molecule has 3 fully saturated rings. The van der Waals surface area contributed by atoms with Crippen LogP contribution in [0.2, 0.25) is 0 Å². The number of piperazine rings is 1. The highest BCUT2D eigenvalue weighted by Gasteiger charge is 2.38. The zero-order chi connectivity index (χ0) is 23.4. The van der Waals surface area contributed by atoms with E-state index in [0.717, 1.165) is 18.4 Å². The van der Waals surface area contributed by atoms with Crippen LogP contribution in [0.5, 0.6) is 11.5 Å². The van der Waals surface area contributed by atoms with Crippen LogP contribution < -0.4 is 9.47 Å². The molecule has 9 nitrogen and oxygen atoms in total. The number of hydrogen-bond donors (Lipinski definition) is 0. The predicted molar refractivity (Wildman–Crippen MR) is 120 cm³/mol. The second-order valence-corrected chi connectivity index (χ2v) is 8.83. The topological polar surface area (TPSA) is 88.6 Å². The largest absolute Gasteiger partial charge is 0.493 e. The van der Waals surface area contributed by atoms with E-state index in [4.69, 9.17) is 14.2 Å². The molecule has 0 aliphatic carbocycles. The van der Waals surface area contributed by atoms with Gasteiger partial charge in [-0.15, -0.1) is 0 Å². The van der Waals surface area contributed by atoms with Crippen molar-refractivity contribution in [1.82, 2.24) is 14.7 Å². The van der Waals surface area contributed by atoms with E-state index in [9.17, 15) is 14.4 Å². The molecule has 33 heavy (non-hydrogen) atoms. The van der Waals surface area contributed by atoms with Gasteiger partial charge in [-0.25, -0.2) is 0 Å². The summed E-state index contributed by atoms with van der Waals surface area (Å²) in [5.74, 6) is 1.08. The Morgan fingerprint density at radius 2 is 1.73 bits per heavy atom. The SMILES string of the molecule is COc1ccc(CCN2CC(C(=O)N3CCN(C(=O)C4CCCO4)CC3)CC2=O)cc1OC. The van der Waals surface area contributed by atoms with Crippen molar-refractivity contribution in [3.63, 3.8) is 0 Å². The summed E-state index contributed by atoms with van der Waals surface area (Å²) in [5, 5.41) is 0. The lowest BCUT2D eigenvalue weighted by atomic mass is 10.1. The van der Waals surface area contributed by atoms with E-state index in [1.807, 2.05) is 18.2 Å². The zero-order valence-electron chi connectivity index (χ0n) is 19.5. The molecule has 9 heteroatoms. The van der Waals surface area contributed by atoms with Crippen molar-refractivity contribution in [2.75, 3.05) is 60.1 Å². The molecule has 2 unspecified atom stereocenters. The van der Waals surface area contributed by atoms with Crippen molar-refractivity contribution in [2.24, 2.45) is 5.92 Å². The minimum Gasteiger partial charge on any atom is -0.493 e. The van der Waals surface area contributed by atoms with E-state index in [1.54, 1.807) is 28.9 Å². The molecule has 2 atom stereocenters. The summed E-state index contributed by atoms with van der Waals surface area (Å²) in [5.41, 5.74) is 1.04. The quantitative estimate of drug-likeness (QED) is 0.603. The summed E-state index contributed by atoms with van der Waals surface area (Å²) >= 11 is 0. The minimum atomic E-state index is -0.320. The Hall–Kier alpha value is -2.81. The van der Waals surface area contributed by atoms with E-state index in [2.05, 4.69) is 0 Å². The summed E-state index contributed by atoms with van der Waals surface area (Å²) in [6.07, 6.45) is 2.31.